The number of hydrogen-bond acceptors (Lipinski definition) is 5. The van der Waals surface area contributed by atoms with Gasteiger partial charge in [-0.05, 0) is 51.2 Å². The van der Waals surface area contributed by atoms with E-state index >= 15 is 0 Å². The highest BCUT2D eigenvalue weighted by atomic mass is 127. The van der Waals surface area contributed by atoms with Crippen molar-refractivity contribution in [3.8, 4) is 11.5 Å². The van der Waals surface area contributed by atoms with Crippen molar-refractivity contribution in [2.24, 2.45) is 12.0 Å². The van der Waals surface area contributed by atoms with E-state index in [2.05, 4.69) is 27.8 Å². The third-order valence-electron chi connectivity index (χ3n) is 5.70. The largest absolute Gasteiger partial charge is 0.497 e. The van der Waals surface area contributed by atoms with Gasteiger partial charge in [-0.25, -0.2) is 4.99 Å². The smallest absolute Gasteiger partial charge is 0.191 e. The van der Waals surface area contributed by atoms with Gasteiger partial charge in [0.2, 0.25) is 0 Å². The van der Waals surface area contributed by atoms with Gasteiger partial charge in [0.15, 0.2) is 11.8 Å². The molecule has 0 spiro atoms. The van der Waals surface area contributed by atoms with Gasteiger partial charge >= 0.3 is 0 Å². The van der Waals surface area contributed by atoms with Crippen molar-refractivity contribution in [2.45, 2.75) is 71.6 Å². The number of aryl methyl sites for hydroxylation is 1. The van der Waals surface area contributed by atoms with Gasteiger partial charge in [0.25, 0.3) is 0 Å². The van der Waals surface area contributed by atoms with Crippen LogP contribution in [0.4, 0.5) is 0 Å². The Morgan fingerprint density at radius 3 is 2.66 bits per heavy atom. The first-order valence-corrected chi connectivity index (χ1v) is 11.3. The second-order valence-electron chi connectivity index (χ2n) is 8.02. The lowest BCUT2D eigenvalue weighted by Gasteiger charge is -2.17. The fraction of sp³-hybridized carbons (Fsp3) is 0.609. The maximum Gasteiger partial charge on any atom is 0.191 e. The van der Waals surface area contributed by atoms with Gasteiger partial charge in [0.05, 0.1) is 26.3 Å². The normalized spacial score (nSPS) is 14.2. The van der Waals surface area contributed by atoms with Crippen molar-refractivity contribution >= 4 is 29.9 Å². The van der Waals surface area contributed by atoms with E-state index in [4.69, 9.17) is 14.5 Å². The zero-order valence-electron chi connectivity index (χ0n) is 19.7. The number of unbranched alkanes of at least 4 members (excludes halogenated alkanes) is 1. The van der Waals surface area contributed by atoms with Crippen LogP contribution in [0.15, 0.2) is 23.2 Å². The lowest BCUT2D eigenvalue weighted by Crippen LogP contribution is -2.38. The standard InChI is InChI=1S/C23H36N6O2.HI/c1-5-6-13-24-23(26-16-22-28-27-17(2)29(22)3)25-15-18-11-12-20(30-4)14-21(18)31-19-9-7-8-10-19;/h11-12,14,19H,5-10,13,15-16H2,1-4H3,(H2,24,25,26);1H. The van der Waals surface area contributed by atoms with Crippen LogP contribution in [-0.4, -0.2) is 40.5 Å². The molecule has 2 N–H and O–H groups in total. The van der Waals surface area contributed by atoms with E-state index in [0.29, 0.717) is 13.1 Å². The summed E-state index contributed by atoms with van der Waals surface area (Å²) in [5.41, 5.74) is 1.05. The summed E-state index contributed by atoms with van der Waals surface area (Å²) in [5, 5.41) is 15.2. The highest BCUT2D eigenvalue weighted by molar-refractivity contribution is 14.0. The average Bonchev–Trinajstić information content (AvgIpc) is 3.40. The summed E-state index contributed by atoms with van der Waals surface area (Å²) >= 11 is 0. The van der Waals surface area contributed by atoms with E-state index in [-0.39, 0.29) is 30.1 Å². The Hall–Kier alpha value is -2.04. The Balaban J connectivity index is 0.00000363. The molecule has 0 amide bonds. The number of methoxy groups -OCH3 is 1. The Labute approximate surface area is 208 Å². The minimum absolute atomic E-state index is 0. The number of aromatic nitrogens is 3. The van der Waals surface area contributed by atoms with E-state index in [1.165, 1.54) is 12.8 Å². The Morgan fingerprint density at radius 2 is 2.00 bits per heavy atom. The van der Waals surface area contributed by atoms with Gasteiger partial charge in [-0.15, -0.1) is 34.2 Å². The molecule has 1 aromatic heterocycles. The number of nitrogens with zero attached hydrogens (tertiary/aromatic N) is 4. The molecule has 1 aromatic carbocycles. The number of ether oxygens (including phenoxy) is 2. The van der Waals surface area contributed by atoms with Crippen molar-refractivity contribution in [2.75, 3.05) is 13.7 Å². The molecule has 0 atom stereocenters. The number of guanidine groups is 1. The first kappa shape index (κ1) is 26.2. The van der Waals surface area contributed by atoms with Crippen molar-refractivity contribution < 1.29 is 9.47 Å². The van der Waals surface area contributed by atoms with Crippen LogP contribution in [0.2, 0.25) is 0 Å². The third kappa shape index (κ3) is 7.53. The molecule has 1 saturated carbocycles. The predicted octanol–water partition coefficient (Wildman–Crippen LogP) is 4.11. The van der Waals surface area contributed by atoms with Gasteiger partial charge < -0.3 is 24.7 Å². The van der Waals surface area contributed by atoms with Gasteiger partial charge in [-0.3, -0.25) is 0 Å². The van der Waals surface area contributed by atoms with E-state index in [1.54, 1.807) is 7.11 Å². The maximum absolute atomic E-state index is 6.32. The fourth-order valence-corrected chi connectivity index (χ4v) is 3.58. The molecule has 0 aliphatic heterocycles. The van der Waals surface area contributed by atoms with Crippen LogP contribution in [0, 0.1) is 6.92 Å². The van der Waals surface area contributed by atoms with E-state index in [0.717, 1.165) is 66.9 Å². The van der Waals surface area contributed by atoms with Crippen molar-refractivity contribution in [1.82, 2.24) is 25.4 Å². The Kier molecular flexibility index (Phi) is 11.1. The molecule has 0 unspecified atom stereocenters. The number of halogens is 1. The number of aliphatic imine (C=N–C) groups is 1. The summed E-state index contributed by atoms with van der Waals surface area (Å²) in [4.78, 5) is 4.82. The summed E-state index contributed by atoms with van der Waals surface area (Å²) in [5.74, 6) is 4.19. The second kappa shape index (κ2) is 13.5. The summed E-state index contributed by atoms with van der Waals surface area (Å²) in [6.07, 6.45) is 7.19. The fourth-order valence-electron chi connectivity index (χ4n) is 3.58. The van der Waals surface area contributed by atoms with Crippen LogP contribution in [0.25, 0.3) is 0 Å². The molecule has 0 radical (unpaired) electrons. The predicted molar refractivity (Wildman–Crippen MR) is 138 cm³/mol. The number of benzene rings is 1. The lowest BCUT2D eigenvalue weighted by molar-refractivity contribution is 0.207. The minimum atomic E-state index is 0. The van der Waals surface area contributed by atoms with Crippen LogP contribution in [-0.2, 0) is 20.1 Å². The van der Waals surface area contributed by atoms with Gasteiger partial charge in [0.1, 0.15) is 17.3 Å². The number of rotatable bonds is 10. The second-order valence-corrected chi connectivity index (χ2v) is 8.02. The van der Waals surface area contributed by atoms with Gasteiger partial charge in [-0.1, -0.05) is 13.3 Å². The molecule has 32 heavy (non-hydrogen) atoms. The van der Waals surface area contributed by atoms with Gasteiger partial charge in [-0.2, -0.15) is 0 Å². The molecule has 0 saturated heterocycles. The van der Waals surface area contributed by atoms with E-state index in [1.807, 2.05) is 36.7 Å². The monoisotopic (exact) mass is 556 g/mol. The Morgan fingerprint density at radius 1 is 1.22 bits per heavy atom. The van der Waals surface area contributed by atoms with Gasteiger partial charge in [0, 0.05) is 25.2 Å². The zero-order chi connectivity index (χ0) is 22.1. The van der Waals surface area contributed by atoms with Crippen molar-refractivity contribution in [3.05, 3.63) is 35.4 Å². The van der Waals surface area contributed by atoms with Crippen molar-refractivity contribution in [3.63, 3.8) is 0 Å². The summed E-state index contributed by atoms with van der Waals surface area (Å²) < 4.78 is 13.7. The van der Waals surface area contributed by atoms with Crippen LogP contribution < -0.4 is 20.1 Å². The maximum atomic E-state index is 6.32. The average molecular weight is 556 g/mol. The molecule has 1 aliphatic rings. The molecule has 1 fully saturated rings. The zero-order valence-corrected chi connectivity index (χ0v) is 22.0. The molecule has 2 aromatic rings. The highest BCUT2D eigenvalue weighted by Crippen LogP contribution is 2.30. The van der Waals surface area contributed by atoms with Crippen LogP contribution in [0.1, 0.15) is 62.7 Å². The highest BCUT2D eigenvalue weighted by Gasteiger charge is 2.18. The molecular formula is C23H37IN6O2. The Bertz CT molecular complexity index is 864. The van der Waals surface area contributed by atoms with Crippen LogP contribution >= 0.6 is 24.0 Å². The molecule has 1 aliphatic carbocycles. The third-order valence-corrected chi connectivity index (χ3v) is 5.70. The van der Waals surface area contributed by atoms with Crippen LogP contribution in [0.5, 0.6) is 11.5 Å². The lowest BCUT2D eigenvalue weighted by atomic mass is 10.2. The minimum Gasteiger partial charge on any atom is -0.497 e. The van der Waals surface area contributed by atoms with E-state index in [9.17, 15) is 0 Å². The van der Waals surface area contributed by atoms with Crippen LogP contribution in [0.3, 0.4) is 0 Å². The van der Waals surface area contributed by atoms with Crippen molar-refractivity contribution in [1.29, 1.82) is 0 Å². The first-order chi connectivity index (χ1) is 15.1. The topological polar surface area (TPSA) is 85.6 Å². The SMILES string of the molecule is CCCCNC(=NCc1ccc(OC)cc1OC1CCCC1)NCc1nnc(C)n1C.I. The molecule has 0 bridgehead atoms. The molecule has 9 heteroatoms. The molecule has 3 rings (SSSR count). The first-order valence-electron chi connectivity index (χ1n) is 11.3. The van der Waals surface area contributed by atoms with E-state index < -0.39 is 0 Å². The summed E-state index contributed by atoms with van der Waals surface area (Å²) in [7, 11) is 3.65. The number of nitrogens with one attached hydrogen (secondary N) is 2. The molecule has 1 heterocycles. The number of hydrogen-bond donors (Lipinski definition) is 2. The molecule has 8 nitrogen and oxygen atoms in total. The molecule has 178 valence electrons. The quantitative estimate of drug-likeness (QED) is 0.198. The summed E-state index contributed by atoms with van der Waals surface area (Å²) in [6.45, 7) is 6.07. The molecular weight excluding hydrogens is 519 g/mol. The summed E-state index contributed by atoms with van der Waals surface area (Å²) in [6, 6.07) is 5.98.